The van der Waals surface area contributed by atoms with Crippen molar-refractivity contribution in [2.75, 3.05) is 7.11 Å². The number of hydrogen-bond donors (Lipinski definition) is 1. The number of nitrogens with zero attached hydrogens (tertiary/aromatic N) is 5. The molecule has 0 saturated heterocycles. The van der Waals surface area contributed by atoms with Crippen LogP contribution < -0.4 is 10.5 Å². The molecule has 1 aromatic carbocycles. The van der Waals surface area contributed by atoms with Gasteiger partial charge in [-0.3, -0.25) is 4.79 Å². The SMILES string of the molecule is COc1ccnc(-c2cn(C(Cc3ccccc3)C(N)=O)nn2)n1. The summed E-state index contributed by atoms with van der Waals surface area (Å²) < 4.78 is 6.51. The Hall–Kier alpha value is -3.29. The summed E-state index contributed by atoms with van der Waals surface area (Å²) in [4.78, 5) is 20.2. The van der Waals surface area contributed by atoms with Gasteiger partial charge in [-0.05, 0) is 5.56 Å². The number of rotatable bonds is 6. The van der Waals surface area contributed by atoms with Crippen LogP contribution >= 0.6 is 0 Å². The van der Waals surface area contributed by atoms with E-state index in [-0.39, 0.29) is 0 Å². The van der Waals surface area contributed by atoms with E-state index in [9.17, 15) is 4.79 Å². The number of ether oxygens (including phenoxy) is 1. The van der Waals surface area contributed by atoms with Crippen LogP contribution in [-0.2, 0) is 11.2 Å². The maximum absolute atomic E-state index is 11.8. The molecule has 1 atom stereocenters. The molecule has 24 heavy (non-hydrogen) atoms. The highest BCUT2D eigenvalue weighted by molar-refractivity contribution is 5.78. The van der Waals surface area contributed by atoms with Gasteiger partial charge < -0.3 is 10.5 Å². The van der Waals surface area contributed by atoms with Gasteiger partial charge in [-0.15, -0.1) is 5.10 Å². The second kappa shape index (κ2) is 6.86. The standard InChI is InChI=1S/C16H16N6O2/c1-24-14-7-8-18-16(19-14)12-10-22(21-20-12)13(15(17)23)9-11-5-3-2-4-6-11/h2-8,10,13H,9H2,1H3,(H2,17,23). The largest absolute Gasteiger partial charge is 0.481 e. The quantitative estimate of drug-likeness (QED) is 0.725. The second-order valence-corrected chi connectivity index (χ2v) is 5.11. The van der Waals surface area contributed by atoms with Crippen LogP contribution in [0.3, 0.4) is 0 Å². The van der Waals surface area contributed by atoms with E-state index >= 15 is 0 Å². The van der Waals surface area contributed by atoms with Crippen molar-refractivity contribution in [3.8, 4) is 17.4 Å². The molecule has 0 bridgehead atoms. The lowest BCUT2D eigenvalue weighted by molar-refractivity contribution is -0.121. The highest BCUT2D eigenvalue weighted by atomic mass is 16.5. The van der Waals surface area contributed by atoms with Crippen LogP contribution in [0.5, 0.6) is 5.88 Å². The molecule has 1 unspecified atom stereocenters. The molecule has 2 N–H and O–H groups in total. The normalized spacial score (nSPS) is 11.9. The molecular formula is C16H16N6O2. The summed E-state index contributed by atoms with van der Waals surface area (Å²) in [5, 5.41) is 8.04. The molecule has 0 radical (unpaired) electrons. The van der Waals surface area contributed by atoms with Crippen LogP contribution in [0.1, 0.15) is 11.6 Å². The van der Waals surface area contributed by atoms with Crippen LogP contribution in [0.2, 0.25) is 0 Å². The Balaban J connectivity index is 1.87. The topological polar surface area (TPSA) is 109 Å². The van der Waals surface area contributed by atoms with Crippen molar-refractivity contribution >= 4 is 5.91 Å². The summed E-state index contributed by atoms with van der Waals surface area (Å²) in [5.74, 6) is 0.302. The van der Waals surface area contributed by atoms with Gasteiger partial charge in [0.05, 0.1) is 13.3 Å². The number of nitrogens with two attached hydrogens (primary N) is 1. The van der Waals surface area contributed by atoms with E-state index in [0.717, 1.165) is 5.56 Å². The fourth-order valence-electron chi connectivity index (χ4n) is 2.27. The number of primary amides is 1. The Kier molecular flexibility index (Phi) is 4.46. The maximum atomic E-state index is 11.8. The smallest absolute Gasteiger partial charge is 0.242 e. The van der Waals surface area contributed by atoms with Crippen LogP contribution in [0.15, 0.2) is 48.8 Å². The molecule has 8 nitrogen and oxygen atoms in total. The number of carbonyl (C=O) groups is 1. The van der Waals surface area contributed by atoms with Gasteiger partial charge in [-0.25, -0.2) is 9.67 Å². The van der Waals surface area contributed by atoms with E-state index in [1.807, 2.05) is 30.3 Å². The van der Waals surface area contributed by atoms with E-state index in [1.165, 1.54) is 11.8 Å². The summed E-state index contributed by atoms with van der Waals surface area (Å²) in [5.41, 5.74) is 6.95. The number of benzene rings is 1. The summed E-state index contributed by atoms with van der Waals surface area (Å²) in [7, 11) is 1.52. The van der Waals surface area contributed by atoms with Gasteiger partial charge in [0.2, 0.25) is 11.8 Å². The zero-order chi connectivity index (χ0) is 16.9. The molecule has 8 heteroatoms. The minimum absolute atomic E-state index is 0.364. The minimum atomic E-state index is -0.640. The highest BCUT2D eigenvalue weighted by Crippen LogP contribution is 2.18. The Bertz CT molecular complexity index is 833. The molecule has 2 aromatic heterocycles. The lowest BCUT2D eigenvalue weighted by Crippen LogP contribution is -2.28. The van der Waals surface area contributed by atoms with Gasteiger partial charge in [0.25, 0.3) is 0 Å². The molecule has 0 fully saturated rings. The Morgan fingerprint density at radius 2 is 2.08 bits per heavy atom. The molecule has 2 heterocycles. The molecule has 0 aliphatic rings. The van der Waals surface area contributed by atoms with Crippen LogP contribution in [-0.4, -0.2) is 38.0 Å². The monoisotopic (exact) mass is 324 g/mol. The lowest BCUT2D eigenvalue weighted by atomic mass is 10.1. The van der Waals surface area contributed by atoms with E-state index in [2.05, 4.69) is 20.3 Å². The van der Waals surface area contributed by atoms with Crippen LogP contribution in [0, 0.1) is 0 Å². The highest BCUT2D eigenvalue weighted by Gasteiger charge is 2.21. The zero-order valence-corrected chi connectivity index (χ0v) is 13.0. The van der Waals surface area contributed by atoms with Crippen molar-refractivity contribution in [2.24, 2.45) is 5.73 Å². The molecular weight excluding hydrogens is 308 g/mol. The molecule has 0 saturated carbocycles. The molecule has 3 rings (SSSR count). The van der Waals surface area contributed by atoms with Gasteiger partial charge in [0.15, 0.2) is 11.5 Å². The molecule has 0 aliphatic heterocycles. The zero-order valence-electron chi connectivity index (χ0n) is 13.0. The van der Waals surface area contributed by atoms with Gasteiger partial charge in [-0.1, -0.05) is 35.5 Å². The first-order valence-electron chi connectivity index (χ1n) is 7.30. The second-order valence-electron chi connectivity index (χ2n) is 5.11. The average molecular weight is 324 g/mol. The van der Waals surface area contributed by atoms with Gasteiger partial charge in [0.1, 0.15) is 6.04 Å². The minimum Gasteiger partial charge on any atom is -0.481 e. The van der Waals surface area contributed by atoms with E-state index in [4.69, 9.17) is 10.5 Å². The van der Waals surface area contributed by atoms with Crippen LogP contribution in [0.25, 0.3) is 11.5 Å². The number of aromatic nitrogens is 5. The van der Waals surface area contributed by atoms with Crippen molar-refractivity contribution in [1.29, 1.82) is 0 Å². The number of methoxy groups -OCH3 is 1. The summed E-state index contributed by atoms with van der Waals surface area (Å²) >= 11 is 0. The third-order valence-corrected chi connectivity index (χ3v) is 3.50. The number of carbonyl (C=O) groups excluding carboxylic acids is 1. The first-order valence-corrected chi connectivity index (χ1v) is 7.30. The summed E-state index contributed by atoms with van der Waals surface area (Å²) in [6.45, 7) is 0. The van der Waals surface area contributed by atoms with Gasteiger partial charge in [0, 0.05) is 18.7 Å². The van der Waals surface area contributed by atoms with Crippen molar-refractivity contribution in [3.63, 3.8) is 0 Å². The first kappa shape index (κ1) is 15.6. The van der Waals surface area contributed by atoms with Crippen molar-refractivity contribution in [3.05, 3.63) is 54.4 Å². The fourth-order valence-corrected chi connectivity index (χ4v) is 2.27. The predicted octanol–water partition coefficient (Wildman–Crippen LogP) is 1.01. The van der Waals surface area contributed by atoms with Gasteiger partial charge in [-0.2, -0.15) is 4.98 Å². The number of amides is 1. The van der Waals surface area contributed by atoms with Crippen LogP contribution in [0.4, 0.5) is 0 Å². The average Bonchev–Trinajstić information content (AvgIpc) is 3.10. The predicted molar refractivity (Wildman–Crippen MR) is 86.0 cm³/mol. The lowest BCUT2D eigenvalue weighted by Gasteiger charge is -2.13. The fraction of sp³-hybridized carbons (Fsp3) is 0.188. The van der Waals surface area contributed by atoms with Crippen molar-refractivity contribution < 1.29 is 9.53 Å². The first-order chi connectivity index (χ1) is 11.7. The van der Waals surface area contributed by atoms with E-state index in [0.29, 0.717) is 23.8 Å². The van der Waals surface area contributed by atoms with Crippen molar-refractivity contribution in [2.45, 2.75) is 12.5 Å². The third kappa shape index (κ3) is 3.37. The van der Waals surface area contributed by atoms with Gasteiger partial charge >= 0.3 is 0 Å². The van der Waals surface area contributed by atoms with E-state index in [1.54, 1.807) is 18.5 Å². The third-order valence-electron chi connectivity index (χ3n) is 3.50. The Morgan fingerprint density at radius 1 is 1.29 bits per heavy atom. The summed E-state index contributed by atoms with van der Waals surface area (Å²) in [6, 6.07) is 10.6. The molecule has 0 spiro atoms. The molecule has 122 valence electrons. The molecule has 3 aromatic rings. The Labute approximate surface area is 138 Å². The van der Waals surface area contributed by atoms with Crippen molar-refractivity contribution in [1.82, 2.24) is 25.0 Å². The maximum Gasteiger partial charge on any atom is 0.242 e. The Morgan fingerprint density at radius 3 is 2.79 bits per heavy atom. The summed E-state index contributed by atoms with van der Waals surface area (Å²) in [6.07, 6.45) is 3.60. The van der Waals surface area contributed by atoms with E-state index < -0.39 is 11.9 Å². The number of hydrogen-bond acceptors (Lipinski definition) is 6. The molecule has 0 aliphatic carbocycles. The molecule has 1 amide bonds.